The molecular weight excluding hydrogens is 439 g/mol. The largest absolute Gasteiger partial charge is 0.497 e. The summed E-state index contributed by atoms with van der Waals surface area (Å²) in [5.74, 6) is 1.17. The average Bonchev–Trinajstić information content (AvgIpc) is 2.87. The van der Waals surface area contributed by atoms with Crippen molar-refractivity contribution in [3.8, 4) is 17.2 Å². The highest BCUT2D eigenvalue weighted by molar-refractivity contribution is 5.79. The maximum Gasteiger partial charge on any atom is 0.271 e. The molecule has 4 rings (SSSR count). The number of piperidine rings is 1. The molecule has 34 heavy (non-hydrogen) atoms. The molecule has 1 aromatic heterocycles. The molecule has 1 amide bonds. The van der Waals surface area contributed by atoms with E-state index >= 15 is 0 Å². The first kappa shape index (κ1) is 23.3. The van der Waals surface area contributed by atoms with Crippen LogP contribution in [-0.2, 0) is 11.3 Å². The number of aromatic nitrogens is 2. The van der Waals surface area contributed by atoms with E-state index in [1.54, 1.807) is 32.4 Å². The Labute approximate surface area is 196 Å². The van der Waals surface area contributed by atoms with Crippen LogP contribution in [0.15, 0.2) is 59.4 Å². The van der Waals surface area contributed by atoms with Crippen LogP contribution in [-0.4, -0.2) is 43.0 Å². The minimum absolute atomic E-state index is 0.0546. The number of benzene rings is 2. The van der Waals surface area contributed by atoms with Crippen molar-refractivity contribution in [2.75, 3.05) is 32.2 Å². The van der Waals surface area contributed by atoms with Crippen LogP contribution >= 0.6 is 0 Å². The second-order valence-corrected chi connectivity index (χ2v) is 8.10. The van der Waals surface area contributed by atoms with Gasteiger partial charge in [0.25, 0.3) is 5.56 Å². The molecule has 0 aliphatic carbocycles. The van der Waals surface area contributed by atoms with E-state index in [4.69, 9.17) is 9.47 Å². The molecule has 0 saturated carbocycles. The van der Waals surface area contributed by atoms with Gasteiger partial charge < -0.3 is 19.7 Å². The highest BCUT2D eigenvalue weighted by Gasteiger charge is 2.27. The van der Waals surface area contributed by atoms with Gasteiger partial charge >= 0.3 is 0 Å². The lowest BCUT2D eigenvalue weighted by Gasteiger charge is -2.33. The lowest BCUT2D eigenvalue weighted by atomic mass is 9.97. The van der Waals surface area contributed by atoms with Crippen molar-refractivity contribution < 1.29 is 18.7 Å². The fourth-order valence-corrected chi connectivity index (χ4v) is 4.09. The maximum atomic E-state index is 13.6. The van der Waals surface area contributed by atoms with Crippen molar-refractivity contribution in [1.29, 1.82) is 0 Å². The van der Waals surface area contributed by atoms with Gasteiger partial charge in [0.15, 0.2) is 0 Å². The quantitative estimate of drug-likeness (QED) is 0.576. The molecule has 1 aliphatic rings. The summed E-state index contributed by atoms with van der Waals surface area (Å²) in [5, 5.41) is 7.44. The van der Waals surface area contributed by atoms with E-state index < -0.39 is 5.82 Å². The predicted octanol–water partition coefficient (Wildman–Crippen LogP) is 2.92. The molecule has 3 aromatic rings. The van der Waals surface area contributed by atoms with Crippen LogP contribution in [0.3, 0.4) is 0 Å². The smallest absolute Gasteiger partial charge is 0.271 e. The van der Waals surface area contributed by atoms with Gasteiger partial charge in [0.2, 0.25) is 5.91 Å². The Balaban J connectivity index is 1.45. The van der Waals surface area contributed by atoms with E-state index in [9.17, 15) is 14.0 Å². The van der Waals surface area contributed by atoms with Crippen molar-refractivity contribution in [3.63, 3.8) is 0 Å². The first-order valence-electron chi connectivity index (χ1n) is 11.1. The molecule has 0 bridgehead atoms. The summed E-state index contributed by atoms with van der Waals surface area (Å²) in [7, 11) is 3.17. The Bertz CT molecular complexity index is 1230. The van der Waals surface area contributed by atoms with Crippen LogP contribution in [0.5, 0.6) is 11.5 Å². The highest BCUT2D eigenvalue weighted by atomic mass is 19.1. The molecule has 1 saturated heterocycles. The van der Waals surface area contributed by atoms with Crippen molar-refractivity contribution in [2.24, 2.45) is 5.92 Å². The Hall–Kier alpha value is -3.88. The van der Waals surface area contributed by atoms with E-state index in [-0.39, 0.29) is 17.4 Å². The normalized spacial score (nSPS) is 15.6. The Morgan fingerprint density at radius 2 is 2.00 bits per heavy atom. The number of amides is 1. The lowest BCUT2D eigenvalue weighted by molar-refractivity contribution is -0.125. The number of methoxy groups -OCH3 is 2. The second-order valence-electron chi connectivity index (χ2n) is 8.10. The third-order valence-corrected chi connectivity index (χ3v) is 5.90. The van der Waals surface area contributed by atoms with Crippen molar-refractivity contribution in [3.05, 3.63) is 76.3 Å². The van der Waals surface area contributed by atoms with E-state index in [2.05, 4.69) is 10.4 Å². The summed E-state index contributed by atoms with van der Waals surface area (Å²) in [5.41, 5.74) is 0.855. The molecule has 1 fully saturated rings. The van der Waals surface area contributed by atoms with Gasteiger partial charge in [-0.1, -0.05) is 6.07 Å². The molecule has 2 heterocycles. The minimum Gasteiger partial charge on any atom is -0.497 e. The molecule has 1 atom stereocenters. The van der Waals surface area contributed by atoms with Gasteiger partial charge in [-0.2, -0.15) is 4.68 Å². The summed E-state index contributed by atoms with van der Waals surface area (Å²) in [6.07, 6.45) is 1.57. The summed E-state index contributed by atoms with van der Waals surface area (Å²) < 4.78 is 25.5. The fraction of sp³-hybridized carbons (Fsp3) is 0.320. The van der Waals surface area contributed by atoms with Gasteiger partial charge in [0.1, 0.15) is 23.1 Å². The molecule has 1 N–H and O–H groups in total. The molecule has 2 aromatic carbocycles. The molecular formula is C25H27FN4O4. The Morgan fingerprint density at radius 1 is 1.15 bits per heavy atom. The number of ether oxygens (including phenoxy) is 2. The van der Waals surface area contributed by atoms with Crippen molar-refractivity contribution in [1.82, 2.24) is 15.1 Å². The van der Waals surface area contributed by atoms with Crippen LogP contribution in [0, 0.1) is 11.7 Å². The second kappa shape index (κ2) is 10.4. The predicted molar refractivity (Wildman–Crippen MR) is 126 cm³/mol. The molecule has 1 unspecified atom stereocenters. The molecule has 9 heteroatoms. The fourth-order valence-electron chi connectivity index (χ4n) is 4.09. The van der Waals surface area contributed by atoms with Crippen LogP contribution in [0.4, 0.5) is 10.2 Å². The molecule has 0 radical (unpaired) electrons. The first-order valence-corrected chi connectivity index (χ1v) is 11.1. The van der Waals surface area contributed by atoms with Gasteiger partial charge in [-0.05, 0) is 49.2 Å². The average molecular weight is 467 g/mol. The number of nitrogens with one attached hydrogen (secondary N) is 1. The van der Waals surface area contributed by atoms with Gasteiger partial charge in [-0.15, -0.1) is 5.10 Å². The van der Waals surface area contributed by atoms with Crippen LogP contribution < -0.4 is 25.2 Å². The number of halogens is 1. The van der Waals surface area contributed by atoms with E-state index in [1.165, 1.54) is 28.9 Å². The molecule has 178 valence electrons. The SMILES string of the molecule is COc1ccc(CNC(=O)C2CCCN(c3ccc(=O)n(-c4cccc(F)c4)n3)C2)c(OC)c1. The van der Waals surface area contributed by atoms with Crippen LogP contribution in [0.2, 0.25) is 0 Å². The number of nitrogens with zero attached hydrogens (tertiary/aromatic N) is 3. The summed E-state index contributed by atoms with van der Waals surface area (Å²) in [4.78, 5) is 27.2. The number of anilines is 1. The monoisotopic (exact) mass is 466 g/mol. The minimum atomic E-state index is -0.445. The van der Waals surface area contributed by atoms with Crippen molar-refractivity contribution in [2.45, 2.75) is 19.4 Å². The Morgan fingerprint density at radius 3 is 2.76 bits per heavy atom. The van der Waals surface area contributed by atoms with Gasteiger partial charge in [0, 0.05) is 37.3 Å². The van der Waals surface area contributed by atoms with E-state index in [1.807, 2.05) is 17.0 Å². The zero-order valence-corrected chi connectivity index (χ0v) is 19.2. The number of hydrogen-bond donors (Lipinski definition) is 1. The van der Waals surface area contributed by atoms with E-state index in [0.717, 1.165) is 18.4 Å². The number of carbonyl (C=O) groups is 1. The highest BCUT2D eigenvalue weighted by Crippen LogP contribution is 2.25. The third kappa shape index (κ3) is 5.19. The van der Waals surface area contributed by atoms with Gasteiger partial charge in [-0.25, -0.2) is 4.39 Å². The summed E-state index contributed by atoms with van der Waals surface area (Å²) in [6.45, 7) is 1.52. The Kier molecular flexibility index (Phi) is 7.10. The van der Waals surface area contributed by atoms with E-state index in [0.29, 0.717) is 42.6 Å². The zero-order valence-electron chi connectivity index (χ0n) is 19.2. The molecule has 8 nitrogen and oxygen atoms in total. The van der Waals surface area contributed by atoms with Gasteiger partial charge in [0.05, 0.1) is 25.8 Å². The topological polar surface area (TPSA) is 85.7 Å². The zero-order chi connectivity index (χ0) is 24.1. The van der Waals surface area contributed by atoms with Crippen molar-refractivity contribution >= 4 is 11.7 Å². The lowest BCUT2D eigenvalue weighted by Crippen LogP contribution is -2.43. The van der Waals surface area contributed by atoms with Crippen LogP contribution in [0.1, 0.15) is 18.4 Å². The third-order valence-electron chi connectivity index (χ3n) is 5.90. The van der Waals surface area contributed by atoms with Gasteiger partial charge in [-0.3, -0.25) is 9.59 Å². The number of hydrogen-bond acceptors (Lipinski definition) is 6. The molecule has 0 spiro atoms. The standard InChI is InChI=1S/C25H27FN4O4/c1-33-21-9-8-17(22(14-21)34-2)15-27-25(32)18-5-4-12-29(16-18)23-10-11-24(31)30(28-23)20-7-3-6-19(26)13-20/h3,6-11,13-14,18H,4-5,12,15-16H2,1-2H3,(H,27,32). The molecule has 1 aliphatic heterocycles. The number of rotatable bonds is 7. The number of carbonyl (C=O) groups excluding carboxylic acids is 1. The van der Waals surface area contributed by atoms with Crippen LogP contribution in [0.25, 0.3) is 5.69 Å². The first-order chi connectivity index (χ1) is 16.5. The maximum absolute atomic E-state index is 13.6. The summed E-state index contributed by atoms with van der Waals surface area (Å²) in [6, 6.07) is 14.3. The summed E-state index contributed by atoms with van der Waals surface area (Å²) >= 11 is 0.